The van der Waals surface area contributed by atoms with E-state index in [4.69, 9.17) is 0 Å². The molecule has 0 atom stereocenters. The maximum atomic E-state index is 14.0. The van der Waals surface area contributed by atoms with Gasteiger partial charge in [0.05, 0.1) is 4.90 Å². The van der Waals surface area contributed by atoms with Gasteiger partial charge in [-0.15, -0.1) is 0 Å². The molecule has 3 rings (SSSR count). The van der Waals surface area contributed by atoms with E-state index in [0.717, 1.165) is 50.4 Å². The van der Waals surface area contributed by atoms with Crippen LogP contribution in [0.3, 0.4) is 0 Å². The molecule has 2 N–H and O–H groups in total. The number of hydrogen-bond donors (Lipinski definition) is 2. The highest BCUT2D eigenvalue weighted by molar-refractivity contribution is 7.89. The number of amides is 1. The molecule has 0 aliphatic carbocycles. The molecule has 170 valence electrons. The van der Waals surface area contributed by atoms with Gasteiger partial charge in [0.15, 0.2) is 5.69 Å². The number of benzene rings is 2. The van der Waals surface area contributed by atoms with E-state index >= 15 is 0 Å². The molecule has 0 spiro atoms. The maximum absolute atomic E-state index is 14.0. The lowest BCUT2D eigenvalue weighted by atomic mass is 9.98. The van der Waals surface area contributed by atoms with E-state index in [1.54, 1.807) is 0 Å². The standard InChI is InChI=1S/C19H16F4N4O4S/c1-11(28)24-27-18(19(21,22)23)16(12-3-7-14(20)8-4-12)17(25-27)13-5-9-15(10-6-13)32(30,31)26(2)29/h3-10,29H,1-2H3,(H,24,28). The molecule has 3 aromatic rings. The topological polar surface area (TPSA) is 105 Å². The Hall–Kier alpha value is -3.29. The summed E-state index contributed by atoms with van der Waals surface area (Å²) in [5.41, 5.74) is 0.0456. The second-order valence-electron chi connectivity index (χ2n) is 6.62. The summed E-state index contributed by atoms with van der Waals surface area (Å²) >= 11 is 0. The van der Waals surface area contributed by atoms with Gasteiger partial charge in [0, 0.05) is 25.1 Å². The number of nitrogens with zero attached hydrogens (tertiary/aromatic N) is 3. The first-order chi connectivity index (χ1) is 14.8. The fourth-order valence-corrected chi connectivity index (χ4v) is 3.72. The largest absolute Gasteiger partial charge is 0.435 e. The lowest BCUT2D eigenvalue weighted by Gasteiger charge is -2.13. The predicted octanol–water partition coefficient (Wildman–Crippen LogP) is 3.47. The summed E-state index contributed by atoms with van der Waals surface area (Å²) in [5.74, 6) is -1.48. The Labute approximate surface area is 179 Å². The van der Waals surface area contributed by atoms with Crippen molar-refractivity contribution >= 4 is 15.9 Å². The SMILES string of the molecule is CC(=O)Nn1nc(-c2ccc(S(=O)(=O)N(C)O)cc2)c(-c2ccc(F)cc2)c1C(F)(F)F. The number of hydroxylamine groups is 1. The Bertz CT molecular complexity index is 1250. The van der Waals surface area contributed by atoms with Crippen molar-refractivity contribution in [2.24, 2.45) is 0 Å². The molecule has 1 aromatic heterocycles. The van der Waals surface area contributed by atoms with Gasteiger partial charge in [-0.2, -0.15) is 23.1 Å². The minimum Gasteiger partial charge on any atom is -0.299 e. The minimum absolute atomic E-state index is 0.000781. The van der Waals surface area contributed by atoms with Crippen LogP contribution in [-0.2, 0) is 21.0 Å². The number of hydrogen-bond acceptors (Lipinski definition) is 5. The molecule has 0 aliphatic heterocycles. The molecular weight excluding hydrogens is 456 g/mol. The van der Waals surface area contributed by atoms with Crippen molar-refractivity contribution in [2.45, 2.75) is 18.0 Å². The fraction of sp³-hybridized carbons (Fsp3) is 0.158. The summed E-state index contributed by atoms with van der Waals surface area (Å²) in [7, 11) is -3.30. The molecule has 0 aliphatic rings. The number of carbonyl (C=O) groups excluding carboxylic acids is 1. The van der Waals surface area contributed by atoms with Crippen LogP contribution in [0.5, 0.6) is 0 Å². The van der Waals surface area contributed by atoms with Gasteiger partial charge in [0.25, 0.3) is 10.0 Å². The second kappa shape index (κ2) is 8.33. The summed E-state index contributed by atoms with van der Waals surface area (Å²) in [5, 5.41) is 13.2. The average Bonchev–Trinajstić information content (AvgIpc) is 3.07. The number of carbonyl (C=O) groups is 1. The first-order valence-electron chi connectivity index (χ1n) is 8.84. The fourth-order valence-electron chi connectivity index (χ4n) is 2.94. The lowest BCUT2D eigenvalue weighted by molar-refractivity contribution is -0.143. The van der Waals surface area contributed by atoms with Crippen molar-refractivity contribution in [2.75, 3.05) is 12.5 Å². The normalized spacial score (nSPS) is 12.2. The highest BCUT2D eigenvalue weighted by Crippen LogP contribution is 2.42. The quantitative estimate of drug-likeness (QED) is 0.437. The van der Waals surface area contributed by atoms with Crippen LogP contribution >= 0.6 is 0 Å². The van der Waals surface area contributed by atoms with Crippen LogP contribution in [-0.4, -0.2) is 40.9 Å². The van der Waals surface area contributed by atoms with Gasteiger partial charge in [-0.1, -0.05) is 28.7 Å². The van der Waals surface area contributed by atoms with Crippen LogP contribution in [0.2, 0.25) is 0 Å². The van der Waals surface area contributed by atoms with Gasteiger partial charge in [-0.25, -0.2) is 18.2 Å². The van der Waals surface area contributed by atoms with E-state index < -0.39 is 39.2 Å². The third-order valence-corrected chi connectivity index (χ3v) is 5.89. The monoisotopic (exact) mass is 472 g/mol. The third kappa shape index (κ3) is 4.49. The van der Waals surface area contributed by atoms with E-state index in [1.165, 1.54) is 12.1 Å². The molecule has 2 aromatic carbocycles. The van der Waals surface area contributed by atoms with E-state index in [-0.39, 0.29) is 31.0 Å². The van der Waals surface area contributed by atoms with Crippen molar-refractivity contribution in [3.05, 3.63) is 60.0 Å². The Balaban J connectivity index is 2.28. The molecule has 0 bridgehead atoms. The van der Waals surface area contributed by atoms with Crippen molar-refractivity contribution in [3.63, 3.8) is 0 Å². The van der Waals surface area contributed by atoms with Crippen LogP contribution in [0.15, 0.2) is 53.4 Å². The average molecular weight is 472 g/mol. The third-order valence-electron chi connectivity index (χ3n) is 4.32. The van der Waals surface area contributed by atoms with E-state index in [2.05, 4.69) is 5.10 Å². The van der Waals surface area contributed by atoms with E-state index in [0.29, 0.717) is 0 Å². The number of halogens is 4. The number of aromatic nitrogens is 2. The van der Waals surface area contributed by atoms with Gasteiger partial charge in [0.2, 0.25) is 5.91 Å². The molecule has 0 unspecified atom stereocenters. The van der Waals surface area contributed by atoms with Crippen molar-refractivity contribution in [1.29, 1.82) is 0 Å². The van der Waals surface area contributed by atoms with Crippen LogP contribution in [0.25, 0.3) is 22.4 Å². The Kier molecular flexibility index (Phi) is 6.09. The number of alkyl halides is 3. The van der Waals surface area contributed by atoms with E-state index in [9.17, 15) is 36.0 Å². The lowest BCUT2D eigenvalue weighted by Crippen LogP contribution is -2.27. The molecule has 0 radical (unpaired) electrons. The summed E-state index contributed by atoms with van der Waals surface area (Å²) in [4.78, 5) is 11.4. The second-order valence-corrected chi connectivity index (χ2v) is 8.57. The highest BCUT2D eigenvalue weighted by Gasteiger charge is 2.41. The summed E-state index contributed by atoms with van der Waals surface area (Å²) < 4.78 is 79.3. The first-order valence-corrected chi connectivity index (χ1v) is 10.3. The highest BCUT2D eigenvalue weighted by atomic mass is 32.2. The van der Waals surface area contributed by atoms with Gasteiger partial charge in [0.1, 0.15) is 11.5 Å². The molecule has 0 saturated heterocycles. The van der Waals surface area contributed by atoms with E-state index in [1.807, 2.05) is 5.43 Å². The van der Waals surface area contributed by atoms with Crippen LogP contribution in [0, 0.1) is 5.82 Å². The van der Waals surface area contributed by atoms with Crippen molar-refractivity contribution in [3.8, 4) is 22.4 Å². The zero-order valence-corrected chi connectivity index (χ0v) is 17.4. The predicted molar refractivity (Wildman–Crippen MR) is 105 cm³/mol. The maximum Gasteiger partial charge on any atom is 0.435 e. The molecule has 0 saturated carbocycles. The van der Waals surface area contributed by atoms with Crippen molar-refractivity contribution in [1.82, 2.24) is 14.4 Å². The molecule has 0 fully saturated rings. The summed E-state index contributed by atoms with van der Waals surface area (Å²) in [6.07, 6.45) is -4.96. The van der Waals surface area contributed by atoms with Gasteiger partial charge >= 0.3 is 6.18 Å². The summed E-state index contributed by atoms with van der Waals surface area (Å²) in [6, 6.07) is 8.76. The Morgan fingerprint density at radius 1 is 1.06 bits per heavy atom. The smallest absolute Gasteiger partial charge is 0.299 e. The Morgan fingerprint density at radius 2 is 1.59 bits per heavy atom. The molecule has 8 nitrogen and oxygen atoms in total. The molecular formula is C19H16F4N4O4S. The summed E-state index contributed by atoms with van der Waals surface area (Å²) in [6.45, 7) is 1.00. The first kappa shape index (κ1) is 23.4. The van der Waals surface area contributed by atoms with Crippen molar-refractivity contribution < 1.29 is 36.0 Å². The minimum atomic E-state index is -4.96. The zero-order valence-electron chi connectivity index (χ0n) is 16.6. The van der Waals surface area contributed by atoms with Gasteiger partial charge in [-0.05, 0) is 29.8 Å². The van der Waals surface area contributed by atoms with Crippen LogP contribution < -0.4 is 5.43 Å². The molecule has 1 amide bonds. The van der Waals surface area contributed by atoms with Gasteiger partial charge < -0.3 is 0 Å². The Morgan fingerprint density at radius 3 is 2.06 bits per heavy atom. The number of sulfonamides is 1. The van der Waals surface area contributed by atoms with Crippen LogP contribution in [0.1, 0.15) is 12.6 Å². The van der Waals surface area contributed by atoms with Crippen LogP contribution in [0.4, 0.5) is 17.6 Å². The number of rotatable bonds is 5. The molecule has 13 heteroatoms. The molecule has 32 heavy (non-hydrogen) atoms. The number of nitrogens with one attached hydrogen (secondary N) is 1. The molecule has 1 heterocycles. The van der Waals surface area contributed by atoms with Gasteiger partial charge in [-0.3, -0.25) is 10.0 Å². The zero-order chi connectivity index (χ0) is 23.8.